The van der Waals surface area contributed by atoms with Crippen LogP contribution >= 0.6 is 0 Å². The van der Waals surface area contributed by atoms with Gasteiger partial charge in [-0.05, 0) is 13.0 Å². The molecule has 0 aliphatic carbocycles. The van der Waals surface area contributed by atoms with E-state index >= 15 is 0 Å². The normalized spacial score (nSPS) is 10.5. The van der Waals surface area contributed by atoms with E-state index in [0.717, 1.165) is 5.56 Å². The predicted molar refractivity (Wildman–Crippen MR) is 42.5 cm³/mol. The Morgan fingerprint density at radius 3 is 2.60 bits per heavy atom. The highest BCUT2D eigenvalue weighted by atomic mass is 16.3. The molecule has 0 fully saturated rings. The number of para-hydroxylation sites is 1. The van der Waals surface area contributed by atoms with E-state index in [1.165, 1.54) is 0 Å². The quantitative estimate of drug-likeness (QED) is 0.622. The molecule has 1 aromatic carbocycles. The third-order valence-corrected chi connectivity index (χ3v) is 1.23. The summed E-state index contributed by atoms with van der Waals surface area (Å²) in [4.78, 5) is 0. The van der Waals surface area contributed by atoms with Crippen LogP contribution in [-0.2, 0) is 0 Å². The first-order valence-corrected chi connectivity index (χ1v) is 3.08. The lowest BCUT2D eigenvalue weighted by atomic mass is 10.2. The smallest absolute Gasteiger partial charge is 0.122 e. The van der Waals surface area contributed by atoms with Crippen LogP contribution in [0.5, 0.6) is 5.75 Å². The Bertz CT molecular complexity index is 238. The largest absolute Gasteiger partial charge is 0.507 e. The summed E-state index contributed by atoms with van der Waals surface area (Å²) in [6.07, 6.45) is 3.41. The first kappa shape index (κ1) is 6.87. The Labute approximate surface area is 60.6 Å². The number of allylic oxidation sites excluding steroid dienone is 1. The van der Waals surface area contributed by atoms with Gasteiger partial charge in [-0.3, -0.25) is 0 Å². The van der Waals surface area contributed by atoms with Crippen molar-refractivity contribution in [3.63, 3.8) is 0 Å². The number of phenolic OH excluding ortho intramolecular Hbond substituents is 1. The molecule has 1 nitrogen and oxygen atoms in total. The number of benzene rings is 1. The molecule has 1 radical (unpaired) electrons. The van der Waals surface area contributed by atoms with E-state index < -0.39 is 0 Å². The Morgan fingerprint density at radius 2 is 2.00 bits per heavy atom. The van der Waals surface area contributed by atoms with E-state index in [1.807, 2.05) is 12.1 Å². The van der Waals surface area contributed by atoms with E-state index in [4.69, 9.17) is 5.11 Å². The van der Waals surface area contributed by atoms with Gasteiger partial charge in [0.2, 0.25) is 0 Å². The average Bonchev–Trinajstić information content (AvgIpc) is 1.94. The standard InChI is InChI=1S/C9H9O/c1-2-5-8-6-3-4-7-9(8)10/h2-7,10H,1H2. The Hall–Kier alpha value is -1.24. The van der Waals surface area contributed by atoms with E-state index in [9.17, 15) is 0 Å². The summed E-state index contributed by atoms with van der Waals surface area (Å²) in [6, 6.07) is 7.14. The van der Waals surface area contributed by atoms with Crippen LogP contribution in [0.25, 0.3) is 6.08 Å². The number of phenols is 1. The van der Waals surface area contributed by atoms with Crippen LogP contribution in [0.3, 0.4) is 0 Å². The second-order valence-electron chi connectivity index (χ2n) is 1.96. The van der Waals surface area contributed by atoms with Crippen LogP contribution in [0, 0.1) is 6.92 Å². The van der Waals surface area contributed by atoms with Gasteiger partial charge in [0.05, 0.1) is 0 Å². The Balaban J connectivity index is 3.03. The predicted octanol–water partition coefficient (Wildman–Crippen LogP) is 2.24. The fourth-order valence-electron chi connectivity index (χ4n) is 0.755. The molecule has 1 N–H and O–H groups in total. The van der Waals surface area contributed by atoms with Crippen LogP contribution in [0.15, 0.2) is 30.3 Å². The fourth-order valence-corrected chi connectivity index (χ4v) is 0.755. The van der Waals surface area contributed by atoms with Gasteiger partial charge < -0.3 is 5.11 Å². The second kappa shape index (κ2) is 3.06. The van der Waals surface area contributed by atoms with E-state index in [2.05, 4.69) is 6.92 Å². The zero-order valence-electron chi connectivity index (χ0n) is 5.62. The number of hydrogen-bond donors (Lipinski definition) is 1. The maximum atomic E-state index is 9.16. The number of hydrogen-bond acceptors (Lipinski definition) is 1. The van der Waals surface area contributed by atoms with Gasteiger partial charge in [-0.2, -0.15) is 0 Å². The van der Waals surface area contributed by atoms with Crippen LogP contribution < -0.4 is 0 Å². The van der Waals surface area contributed by atoms with Gasteiger partial charge in [0.25, 0.3) is 0 Å². The van der Waals surface area contributed by atoms with E-state index in [0.29, 0.717) is 5.75 Å². The minimum absolute atomic E-state index is 0.294. The third kappa shape index (κ3) is 1.38. The molecule has 0 spiro atoms. The van der Waals surface area contributed by atoms with Gasteiger partial charge in [-0.25, -0.2) is 0 Å². The van der Waals surface area contributed by atoms with Gasteiger partial charge in [0.1, 0.15) is 5.75 Å². The van der Waals surface area contributed by atoms with Crippen molar-refractivity contribution >= 4 is 6.08 Å². The summed E-state index contributed by atoms with van der Waals surface area (Å²) >= 11 is 0. The highest BCUT2D eigenvalue weighted by molar-refractivity contribution is 5.56. The van der Waals surface area contributed by atoms with Crippen molar-refractivity contribution in [1.29, 1.82) is 0 Å². The minimum atomic E-state index is 0.294. The van der Waals surface area contributed by atoms with Gasteiger partial charge in [0.15, 0.2) is 0 Å². The summed E-state index contributed by atoms with van der Waals surface area (Å²) in [5, 5.41) is 9.16. The molecule has 0 atom stereocenters. The lowest BCUT2D eigenvalue weighted by Gasteiger charge is -1.94. The molecule has 1 aromatic rings. The molecule has 0 aliphatic rings. The first-order valence-electron chi connectivity index (χ1n) is 3.08. The summed E-state index contributed by atoms with van der Waals surface area (Å²) in [6.45, 7) is 3.53. The van der Waals surface area contributed by atoms with Crippen molar-refractivity contribution in [3.05, 3.63) is 42.8 Å². The summed E-state index contributed by atoms with van der Waals surface area (Å²) in [5.74, 6) is 0.294. The topological polar surface area (TPSA) is 20.2 Å². The molecule has 10 heavy (non-hydrogen) atoms. The monoisotopic (exact) mass is 133 g/mol. The minimum Gasteiger partial charge on any atom is -0.507 e. The molecule has 0 aromatic heterocycles. The van der Waals surface area contributed by atoms with E-state index in [-0.39, 0.29) is 0 Å². The molecule has 1 rings (SSSR count). The zero-order valence-corrected chi connectivity index (χ0v) is 5.62. The Kier molecular flexibility index (Phi) is 2.11. The van der Waals surface area contributed by atoms with Crippen LogP contribution in [-0.4, -0.2) is 5.11 Å². The van der Waals surface area contributed by atoms with Crippen LogP contribution in [0.2, 0.25) is 0 Å². The zero-order chi connectivity index (χ0) is 7.40. The van der Waals surface area contributed by atoms with Crippen molar-refractivity contribution in [1.82, 2.24) is 0 Å². The maximum Gasteiger partial charge on any atom is 0.122 e. The summed E-state index contributed by atoms with van der Waals surface area (Å²) in [5.41, 5.74) is 0.803. The number of aromatic hydroxyl groups is 1. The van der Waals surface area contributed by atoms with Crippen LogP contribution in [0.1, 0.15) is 5.56 Å². The molecule has 1 heteroatoms. The van der Waals surface area contributed by atoms with Gasteiger partial charge in [0, 0.05) is 5.56 Å². The van der Waals surface area contributed by atoms with Crippen molar-refractivity contribution in [3.8, 4) is 5.75 Å². The molecule has 0 aliphatic heterocycles. The highest BCUT2D eigenvalue weighted by Crippen LogP contribution is 2.16. The molecule has 0 unspecified atom stereocenters. The van der Waals surface area contributed by atoms with Crippen molar-refractivity contribution in [2.75, 3.05) is 0 Å². The molecule has 0 saturated heterocycles. The molecular weight excluding hydrogens is 124 g/mol. The van der Waals surface area contributed by atoms with Gasteiger partial charge in [-0.15, -0.1) is 0 Å². The van der Waals surface area contributed by atoms with Crippen LogP contribution in [0.4, 0.5) is 0 Å². The summed E-state index contributed by atoms with van der Waals surface area (Å²) in [7, 11) is 0. The third-order valence-electron chi connectivity index (χ3n) is 1.23. The molecule has 51 valence electrons. The lowest BCUT2D eigenvalue weighted by Crippen LogP contribution is -1.70. The average molecular weight is 133 g/mol. The first-order chi connectivity index (χ1) is 4.84. The molecule has 0 saturated carbocycles. The highest BCUT2D eigenvalue weighted by Gasteiger charge is 1.90. The van der Waals surface area contributed by atoms with E-state index in [1.54, 1.807) is 24.3 Å². The Morgan fingerprint density at radius 1 is 1.30 bits per heavy atom. The lowest BCUT2D eigenvalue weighted by molar-refractivity contribution is 0.474. The summed E-state index contributed by atoms with van der Waals surface area (Å²) < 4.78 is 0. The second-order valence-corrected chi connectivity index (χ2v) is 1.96. The molecule has 0 bridgehead atoms. The van der Waals surface area contributed by atoms with Gasteiger partial charge in [-0.1, -0.05) is 30.4 Å². The van der Waals surface area contributed by atoms with Crippen molar-refractivity contribution in [2.24, 2.45) is 0 Å². The fraction of sp³-hybridized carbons (Fsp3) is 0. The molecule has 0 amide bonds. The number of rotatable bonds is 1. The van der Waals surface area contributed by atoms with Gasteiger partial charge >= 0.3 is 0 Å². The molecular formula is C9H9O. The van der Waals surface area contributed by atoms with Crippen molar-refractivity contribution in [2.45, 2.75) is 0 Å². The SMILES string of the molecule is [CH2]C=Cc1ccccc1O. The maximum absolute atomic E-state index is 9.16. The molecule has 0 heterocycles. The van der Waals surface area contributed by atoms with Crippen molar-refractivity contribution < 1.29 is 5.11 Å².